The lowest BCUT2D eigenvalue weighted by Gasteiger charge is -2.08. The molecule has 0 radical (unpaired) electrons. The SMILES string of the molecule is Cl.O=C(NCc1csc(-c2ccccc2)n1)C1CSCN1. The Morgan fingerprint density at radius 1 is 1.38 bits per heavy atom. The molecule has 3 rings (SSSR count). The van der Waals surface area contributed by atoms with Crippen molar-refractivity contribution in [2.24, 2.45) is 0 Å². The Labute approximate surface area is 138 Å². The average Bonchev–Trinajstić information content (AvgIpc) is 3.17. The molecule has 0 bridgehead atoms. The molecule has 7 heteroatoms. The number of carbonyl (C=O) groups is 1. The Hall–Kier alpha value is -1.08. The Morgan fingerprint density at radius 3 is 2.90 bits per heavy atom. The standard InChI is InChI=1S/C14H15N3OS2.ClH/c18-13(12-8-19-9-16-12)15-6-11-7-20-14(17-11)10-4-2-1-3-5-10;/h1-5,7,12,16H,6,8-9H2,(H,15,18);1H. The van der Waals surface area contributed by atoms with Gasteiger partial charge in [0.2, 0.25) is 5.91 Å². The second-order valence-corrected chi connectivity index (χ2v) is 6.39. The van der Waals surface area contributed by atoms with E-state index < -0.39 is 0 Å². The number of amides is 1. The number of nitrogens with zero attached hydrogens (tertiary/aromatic N) is 1. The van der Waals surface area contributed by atoms with Gasteiger partial charge in [0.05, 0.1) is 18.3 Å². The predicted octanol–water partition coefficient (Wildman–Crippen LogP) is 2.51. The summed E-state index contributed by atoms with van der Waals surface area (Å²) in [4.78, 5) is 16.4. The Bertz CT molecular complexity index is 585. The summed E-state index contributed by atoms with van der Waals surface area (Å²) in [6.45, 7) is 0.491. The van der Waals surface area contributed by atoms with Crippen molar-refractivity contribution >= 4 is 41.4 Å². The summed E-state index contributed by atoms with van der Waals surface area (Å²) < 4.78 is 0. The van der Waals surface area contributed by atoms with E-state index in [4.69, 9.17) is 0 Å². The second kappa shape index (κ2) is 7.79. The van der Waals surface area contributed by atoms with E-state index in [0.29, 0.717) is 6.54 Å². The highest BCUT2D eigenvalue weighted by molar-refractivity contribution is 7.99. The van der Waals surface area contributed by atoms with Crippen LogP contribution in [0.5, 0.6) is 0 Å². The highest BCUT2D eigenvalue weighted by Gasteiger charge is 2.22. The summed E-state index contributed by atoms with van der Waals surface area (Å²) in [5.41, 5.74) is 2.02. The molecular weight excluding hydrogens is 326 g/mol. The van der Waals surface area contributed by atoms with Crippen LogP contribution in [0.1, 0.15) is 5.69 Å². The second-order valence-electron chi connectivity index (χ2n) is 4.50. The van der Waals surface area contributed by atoms with E-state index in [1.165, 1.54) is 0 Å². The highest BCUT2D eigenvalue weighted by atomic mass is 35.5. The van der Waals surface area contributed by atoms with Crippen molar-refractivity contribution in [3.8, 4) is 10.6 Å². The molecular formula is C14H16ClN3OS2. The monoisotopic (exact) mass is 341 g/mol. The van der Waals surface area contributed by atoms with Gasteiger partial charge in [0, 0.05) is 22.6 Å². The Morgan fingerprint density at radius 2 is 2.19 bits per heavy atom. The molecule has 1 aromatic carbocycles. The van der Waals surface area contributed by atoms with Crippen molar-refractivity contribution in [3.63, 3.8) is 0 Å². The van der Waals surface area contributed by atoms with Crippen molar-refractivity contribution in [3.05, 3.63) is 41.4 Å². The van der Waals surface area contributed by atoms with E-state index in [9.17, 15) is 4.79 Å². The van der Waals surface area contributed by atoms with Gasteiger partial charge in [0.15, 0.2) is 0 Å². The first-order valence-corrected chi connectivity index (χ1v) is 8.45. The lowest BCUT2D eigenvalue weighted by molar-refractivity contribution is -0.122. The maximum Gasteiger partial charge on any atom is 0.238 e. The first-order valence-electron chi connectivity index (χ1n) is 6.41. The van der Waals surface area contributed by atoms with Gasteiger partial charge in [-0.25, -0.2) is 4.98 Å². The number of hydrogen-bond acceptors (Lipinski definition) is 5. The zero-order chi connectivity index (χ0) is 13.8. The molecule has 1 fully saturated rings. The van der Waals surface area contributed by atoms with Crippen LogP contribution in [0.3, 0.4) is 0 Å². The van der Waals surface area contributed by atoms with Gasteiger partial charge in [0.25, 0.3) is 0 Å². The number of benzene rings is 1. The van der Waals surface area contributed by atoms with E-state index in [1.807, 2.05) is 35.7 Å². The first kappa shape index (κ1) is 16.3. The first-order chi connectivity index (χ1) is 9.83. The maximum absolute atomic E-state index is 11.9. The van der Waals surface area contributed by atoms with E-state index >= 15 is 0 Å². The summed E-state index contributed by atoms with van der Waals surface area (Å²) >= 11 is 3.35. The number of hydrogen-bond donors (Lipinski definition) is 2. The minimum Gasteiger partial charge on any atom is -0.349 e. The van der Waals surface area contributed by atoms with Crippen LogP contribution in [0.2, 0.25) is 0 Å². The molecule has 1 atom stereocenters. The zero-order valence-electron chi connectivity index (χ0n) is 11.2. The molecule has 1 amide bonds. The fourth-order valence-corrected chi connectivity index (χ4v) is 3.73. The van der Waals surface area contributed by atoms with Gasteiger partial charge in [-0.1, -0.05) is 30.3 Å². The lowest BCUT2D eigenvalue weighted by Crippen LogP contribution is -2.41. The number of halogens is 1. The van der Waals surface area contributed by atoms with Crippen molar-refractivity contribution in [1.82, 2.24) is 15.6 Å². The summed E-state index contributed by atoms with van der Waals surface area (Å²) in [7, 11) is 0. The molecule has 1 aliphatic rings. The summed E-state index contributed by atoms with van der Waals surface area (Å²) in [6.07, 6.45) is 0. The van der Waals surface area contributed by atoms with Gasteiger partial charge in [-0.3, -0.25) is 10.1 Å². The van der Waals surface area contributed by atoms with Crippen LogP contribution in [-0.2, 0) is 11.3 Å². The number of nitrogens with one attached hydrogen (secondary N) is 2. The van der Waals surface area contributed by atoms with Crippen molar-refractivity contribution < 1.29 is 4.79 Å². The smallest absolute Gasteiger partial charge is 0.238 e. The van der Waals surface area contributed by atoms with Gasteiger partial charge in [0.1, 0.15) is 5.01 Å². The summed E-state index contributed by atoms with van der Waals surface area (Å²) in [5.74, 6) is 1.76. The van der Waals surface area contributed by atoms with Crippen LogP contribution in [0.15, 0.2) is 35.7 Å². The molecule has 0 saturated carbocycles. The number of rotatable bonds is 4. The molecule has 112 valence electrons. The molecule has 1 unspecified atom stereocenters. The third-order valence-corrected chi connectivity index (χ3v) is 4.93. The van der Waals surface area contributed by atoms with Crippen molar-refractivity contribution in [1.29, 1.82) is 0 Å². The van der Waals surface area contributed by atoms with E-state index in [1.54, 1.807) is 23.1 Å². The highest BCUT2D eigenvalue weighted by Crippen LogP contribution is 2.23. The third-order valence-electron chi connectivity index (χ3n) is 3.05. The molecule has 21 heavy (non-hydrogen) atoms. The third kappa shape index (κ3) is 4.20. The van der Waals surface area contributed by atoms with Gasteiger partial charge in [-0.15, -0.1) is 35.5 Å². The quantitative estimate of drug-likeness (QED) is 0.897. The minimum atomic E-state index is -0.0628. The summed E-state index contributed by atoms with van der Waals surface area (Å²) in [6, 6.07) is 10.0. The average molecular weight is 342 g/mol. The van der Waals surface area contributed by atoms with Crippen LogP contribution < -0.4 is 10.6 Å². The molecule has 1 aliphatic heterocycles. The van der Waals surface area contributed by atoms with Crippen LogP contribution >= 0.6 is 35.5 Å². The van der Waals surface area contributed by atoms with Gasteiger partial charge in [-0.05, 0) is 0 Å². The molecule has 2 heterocycles. The van der Waals surface area contributed by atoms with Gasteiger partial charge in [-0.2, -0.15) is 0 Å². The zero-order valence-corrected chi connectivity index (χ0v) is 13.7. The number of thiazole rings is 1. The van der Waals surface area contributed by atoms with Crippen LogP contribution in [0.4, 0.5) is 0 Å². The topological polar surface area (TPSA) is 54.0 Å². The van der Waals surface area contributed by atoms with Crippen LogP contribution in [0, 0.1) is 0 Å². The number of thioether (sulfide) groups is 1. The van der Waals surface area contributed by atoms with E-state index in [2.05, 4.69) is 15.6 Å². The van der Waals surface area contributed by atoms with Crippen molar-refractivity contribution in [2.75, 3.05) is 11.6 Å². The summed E-state index contributed by atoms with van der Waals surface area (Å²) in [5, 5.41) is 9.08. The Kier molecular flexibility index (Phi) is 6.05. The normalized spacial score (nSPS) is 17.2. The van der Waals surface area contributed by atoms with Gasteiger partial charge >= 0.3 is 0 Å². The number of aromatic nitrogens is 1. The van der Waals surface area contributed by atoms with Crippen molar-refractivity contribution in [2.45, 2.75) is 12.6 Å². The molecule has 1 saturated heterocycles. The van der Waals surface area contributed by atoms with E-state index in [0.717, 1.165) is 27.9 Å². The van der Waals surface area contributed by atoms with Crippen LogP contribution in [0.25, 0.3) is 10.6 Å². The fourth-order valence-electron chi connectivity index (χ4n) is 1.97. The predicted molar refractivity (Wildman–Crippen MR) is 90.9 cm³/mol. The van der Waals surface area contributed by atoms with Gasteiger partial charge < -0.3 is 5.32 Å². The van der Waals surface area contributed by atoms with Crippen LogP contribution in [-0.4, -0.2) is 28.6 Å². The lowest BCUT2D eigenvalue weighted by atomic mass is 10.2. The van der Waals surface area contributed by atoms with E-state index in [-0.39, 0.29) is 24.4 Å². The molecule has 4 nitrogen and oxygen atoms in total. The molecule has 2 aromatic rings. The minimum absolute atomic E-state index is 0. The fraction of sp³-hybridized carbons (Fsp3) is 0.286. The molecule has 0 spiro atoms. The Balaban J connectivity index is 0.00000161. The molecule has 2 N–H and O–H groups in total. The number of carbonyl (C=O) groups excluding carboxylic acids is 1. The molecule has 1 aromatic heterocycles. The molecule has 0 aliphatic carbocycles. The largest absolute Gasteiger partial charge is 0.349 e. The maximum atomic E-state index is 11.9.